The molecule has 0 saturated carbocycles. The molecule has 1 aromatic carbocycles. The lowest BCUT2D eigenvalue weighted by molar-refractivity contribution is 0.499. The second kappa shape index (κ2) is 7.96. The molecule has 20 heavy (non-hydrogen) atoms. The van der Waals surface area contributed by atoms with Crippen LogP contribution in [0.15, 0.2) is 39.5 Å². The molecule has 0 aliphatic rings. The molecule has 0 bridgehead atoms. The summed E-state index contributed by atoms with van der Waals surface area (Å²) >= 11 is 5.43. The molecule has 1 nitrogen and oxygen atoms in total. The fourth-order valence-electron chi connectivity index (χ4n) is 2.29. The van der Waals surface area contributed by atoms with E-state index in [9.17, 15) is 0 Å². The smallest absolute Gasteiger partial charge is 0.0342 e. The highest BCUT2D eigenvalue weighted by molar-refractivity contribution is 9.10. The van der Waals surface area contributed by atoms with E-state index in [4.69, 9.17) is 0 Å². The number of hydrogen-bond acceptors (Lipinski definition) is 2. The summed E-state index contributed by atoms with van der Waals surface area (Å²) < 4.78 is 1.24. The van der Waals surface area contributed by atoms with E-state index in [1.54, 1.807) is 11.3 Å². The summed E-state index contributed by atoms with van der Waals surface area (Å²) in [7, 11) is 0. The van der Waals surface area contributed by atoms with Crippen molar-refractivity contribution in [1.82, 2.24) is 5.32 Å². The SMILES string of the molecule is CCCNC(CCc1ccc(C)cc1)c1cscc1Br. The molecule has 2 rings (SSSR count). The number of thiophene rings is 1. The fraction of sp³-hybridized carbons (Fsp3) is 0.412. The summed E-state index contributed by atoms with van der Waals surface area (Å²) in [5, 5.41) is 8.10. The largest absolute Gasteiger partial charge is 0.310 e. The number of nitrogens with one attached hydrogen (secondary N) is 1. The zero-order valence-electron chi connectivity index (χ0n) is 12.2. The molecule has 0 saturated heterocycles. The summed E-state index contributed by atoms with van der Waals surface area (Å²) in [4.78, 5) is 0. The van der Waals surface area contributed by atoms with Crippen LogP contribution in [0.25, 0.3) is 0 Å². The molecule has 0 radical (unpaired) electrons. The van der Waals surface area contributed by atoms with Crippen LogP contribution in [-0.2, 0) is 6.42 Å². The zero-order chi connectivity index (χ0) is 14.4. The van der Waals surface area contributed by atoms with E-state index in [1.165, 1.54) is 27.6 Å². The van der Waals surface area contributed by atoms with Gasteiger partial charge in [0.2, 0.25) is 0 Å². The number of benzene rings is 1. The molecule has 0 aliphatic heterocycles. The Kier molecular flexibility index (Phi) is 6.27. The van der Waals surface area contributed by atoms with E-state index >= 15 is 0 Å². The predicted octanol–water partition coefficient (Wildman–Crippen LogP) is 5.49. The van der Waals surface area contributed by atoms with Gasteiger partial charge in [-0.15, -0.1) is 0 Å². The topological polar surface area (TPSA) is 12.0 Å². The van der Waals surface area contributed by atoms with Crippen molar-refractivity contribution in [2.45, 2.75) is 39.2 Å². The Labute approximate surface area is 134 Å². The molecule has 3 heteroatoms. The summed E-state index contributed by atoms with van der Waals surface area (Å²) in [6, 6.07) is 9.33. The van der Waals surface area contributed by atoms with Gasteiger partial charge < -0.3 is 5.32 Å². The Hall–Kier alpha value is -0.640. The van der Waals surface area contributed by atoms with Gasteiger partial charge in [0.25, 0.3) is 0 Å². The molecule has 1 N–H and O–H groups in total. The van der Waals surface area contributed by atoms with Crippen LogP contribution in [0.1, 0.15) is 42.5 Å². The number of halogens is 1. The molecule has 1 unspecified atom stereocenters. The minimum atomic E-state index is 0.442. The molecule has 1 aromatic heterocycles. The van der Waals surface area contributed by atoms with E-state index in [-0.39, 0.29) is 0 Å². The highest BCUT2D eigenvalue weighted by Crippen LogP contribution is 2.30. The first kappa shape index (κ1) is 15.7. The van der Waals surface area contributed by atoms with Gasteiger partial charge in [0.1, 0.15) is 0 Å². The van der Waals surface area contributed by atoms with Crippen molar-refractivity contribution < 1.29 is 0 Å². The first-order valence-electron chi connectivity index (χ1n) is 7.21. The van der Waals surface area contributed by atoms with Gasteiger partial charge in [-0.05, 0) is 65.2 Å². The van der Waals surface area contributed by atoms with Crippen LogP contribution in [-0.4, -0.2) is 6.54 Å². The molecule has 1 heterocycles. The average Bonchev–Trinajstić information content (AvgIpc) is 2.87. The lowest BCUT2D eigenvalue weighted by atomic mass is 10.0. The quantitative estimate of drug-likeness (QED) is 0.694. The number of rotatable bonds is 7. The van der Waals surface area contributed by atoms with Gasteiger partial charge in [0, 0.05) is 15.9 Å². The Bertz CT molecular complexity index is 518. The van der Waals surface area contributed by atoms with Gasteiger partial charge in [0.05, 0.1) is 0 Å². The Morgan fingerprint density at radius 2 is 1.95 bits per heavy atom. The maximum absolute atomic E-state index is 3.67. The second-order valence-corrected chi connectivity index (χ2v) is 6.80. The fourth-order valence-corrected chi connectivity index (χ4v) is 3.92. The molecule has 0 fully saturated rings. The van der Waals surface area contributed by atoms with Gasteiger partial charge in [-0.1, -0.05) is 36.8 Å². The van der Waals surface area contributed by atoms with Crippen molar-refractivity contribution in [2.24, 2.45) is 0 Å². The first-order valence-corrected chi connectivity index (χ1v) is 8.94. The maximum Gasteiger partial charge on any atom is 0.0342 e. The maximum atomic E-state index is 3.67. The lowest BCUT2D eigenvalue weighted by Gasteiger charge is -2.18. The van der Waals surface area contributed by atoms with E-state index in [0.717, 1.165) is 19.4 Å². The zero-order valence-corrected chi connectivity index (χ0v) is 14.6. The van der Waals surface area contributed by atoms with E-state index in [0.29, 0.717) is 6.04 Å². The van der Waals surface area contributed by atoms with Crippen molar-refractivity contribution in [3.05, 3.63) is 56.2 Å². The van der Waals surface area contributed by atoms with Crippen LogP contribution in [0.4, 0.5) is 0 Å². The van der Waals surface area contributed by atoms with Gasteiger partial charge in [-0.25, -0.2) is 0 Å². The number of aryl methyl sites for hydroxylation is 2. The average molecular weight is 352 g/mol. The molecule has 0 spiro atoms. The number of hydrogen-bond donors (Lipinski definition) is 1. The van der Waals surface area contributed by atoms with Crippen molar-refractivity contribution >= 4 is 27.3 Å². The first-order chi connectivity index (χ1) is 9.70. The Balaban J connectivity index is 2.01. The van der Waals surface area contributed by atoms with Crippen LogP contribution in [0, 0.1) is 6.92 Å². The molecular weight excluding hydrogens is 330 g/mol. The third kappa shape index (κ3) is 4.44. The van der Waals surface area contributed by atoms with Crippen LogP contribution in [0.5, 0.6) is 0 Å². The molecule has 2 aromatic rings. The molecular formula is C17H22BrNS. The van der Waals surface area contributed by atoms with Crippen LogP contribution < -0.4 is 5.32 Å². The summed E-state index contributed by atoms with van der Waals surface area (Å²) in [6.07, 6.45) is 3.42. The molecule has 0 amide bonds. The molecule has 0 aliphatic carbocycles. The van der Waals surface area contributed by atoms with E-state index < -0.39 is 0 Å². The molecule has 1 atom stereocenters. The monoisotopic (exact) mass is 351 g/mol. The third-order valence-corrected chi connectivity index (χ3v) is 5.25. The van der Waals surface area contributed by atoms with Gasteiger partial charge >= 0.3 is 0 Å². The third-order valence-electron chi connectivity index (χ3n) is 3.50. The second-order valence-electron chi connectivity index (χ2n) is 5.21. The van der Waals surface area contributed by atoms with E-state index in [1.807, 2.05) is 0 Å². The Morgan fingerprint density at radius 3 is 2.55 bits per heavy atom. The summed E-state index contributed by atoms with van der Waals surface area (Å²) in [6.45, 7) is 5.42. The van der Waals surface area contributed by atoms with Gasteiger partial charge in [0.15, 0.2) is 0 Å². The minimum absolute atomic E-state index is 0.442. The van der Waals surface area contributed by atoms with Crippen LogP contribution in [0.3, 0.4) is 0 Å². The van der Waals surface area contributed by atoms with E-state index in [2.05, 4.69) is 70.1 Å². The van der Waals surface area contributed by atoms with Gasteiger partial charge in [-0.2, -0.15) is 11.3 Å². The van der Waals surface area contributed by atoms with Crippen LogP contribution in [0.2, 0.25) is 0 Å². The standard InChI is InChI=1S/C17H22BrNS/c1-3-10-19-17(15-11-20-12-16(15)18)9-8-14-6-4-13(2)5-7-14/h4-7,11-12,17,19H,3,8-10H2,1-2H3. The lowest BCUT2D eigenvalue weighted by Crippen LogP contribution is -2.22. The molecule has 108 valence electrons. The summed E-state index contributed by atoms with van der Waals surface area (Å²) in [5.74, 6) is 0. The van der Waals surface area contributed by atoms with Crippen molar-refractivity contribution in [3.8, 4) is 0 Å². The van der Waals surface area contributed by atoms with Crippen molar-refractivity contribution in [2.75, 3.05) is 6.54 Å². The van der Waals surface area contributed by atoms with Crippen molar-refractivity contribution in [3.63, 3.8) is 0 Å². The highest BCUT2D eigenvalue weighted by Gasteiger charge is 2.14. The minimum Gasteiger partial charge on any atom is -0.310 e. The summed E-state index contributed by atoms with van der Waals surface area (Å²) in [5.41, 5.74) is 4.15. The Morgan fingerprint density at radius 1 is 1.20 bits per heavy atom. The highest BCUT2D eigenvalue weighted by atomic mass is 79.9. The van der Waals surface area contributed by atoms with Crippen molar-refractivity contribution in [1.29, 1.82) is 0 Å². The predicted molar refractivity (Wildman–Crippen MR) is 92.6 cm³/mol. The van der Waals surface area contributed by atoms with Crippen LogP contribution >= 0.6 is 27.3 Å². The normalized spacial score (nSPS) is 12.6. The van der Waals surface area contributed by atoms with Gasteiger partial charge in [-0.3, -0.25) is 0 Å².